The molecule has 78 heavy (non-hydrogen) atoms. The Labute approximate surface area is 444 Å². The van der Waals surface area contributed by atoms with Crippen molar-refractivity contribution in [2.75, 3.05) is 39.5 Å². The van der Waals surface area contributed by atoms with Crippen molar-refractivity contribution in [2.45, 2.75) is 96.4 Å². The van der Waals surface area contributed by atoms with Gasteiger partial charge < -0.3 is 61.5 Å². The average molecular weight is 1080 g/mol. The summed E-state index contributed by atoms with van der Waals surface area (Å²) in [6.07, 6.45) is 1.87. The Morgan fingerprint density at radius 1 is 0.846 bits per heavy atom. The van der Waals surface area contributed by atoms with Gasteiger partial charge >= 0.3 is 11.9 Å². The number of nitrogens with zero attached hydrogens (tertiary/aromatic N) is 3. The van der Waals surface area contributed by atoms with E-state index < -0.39 is 134 Å². The van der Waals surface area contributed by atoms with Crippen molar-refractivity contribution in [3.8, 4) is 11.4 Å². The number of imide groups is 1. The normalized spacial score (nSPS) is 17.9. The Hall–Kier alpha value is -8.68. The molecule has 0 saturated heterocycles. The molecule has 410 valence electrons. The summed E-state index contributed by atoms with van der Waals surface area (Å²) in [5.41, 5.74) is 4.88. The van der Waals surface area contributed by atoms with E-state index in [1.807, 2.05) is 19.9 Å². The second kappa shape index (κ2) is 23.3. The minimum Gasteiger partial charge on any atom is -0.480 e. The number of aromatic nitrogens is 2. The van der Waals surface area contributed by atoms with Gasteiger partial charge in [0.05, 0.1) is 61.2 Å². The summed E-state index contributed by atoms with van der Waals surface area (Å²) < 4.78 is 12.5. The van der Waals surface area contributed by atoms with Crippen LogP contribution in [-0.4, -0.2) is 142 Å². The van der Waals surface area contributed by atoms with E-state index in [2.05, 4.69) is 37.2 Å². The maximum absolute atomic E-state index is 14.1. The molecule has 9 N–H and O–H groups in total. The van der Waals surface area contributed by atoms with E-state index in [9.17, 15) is 57.8 Å². The molecule has 2 aromatic carbocycles. The molecule has 0 saturated carbocycles. The number of nitrogens with one attached hydrogen (secondary N) is 7. The minimum absolute atomic E-state index is 0.0148. The van der Waals surface area contributed by atoms with Gasteiger partial charge in [0.2, 0.25) is 35.4 Å². The predicted octanol–water partition coefficient (Wildman–Crippen LogP) is -1.68. The third-order valence-corrected chi connectivity index (χ3v) is 14.3. The number of carbonyl (C=O) groups excluding carboxylic acids is 9. The number of rotatable bonds is 22. The lowest BCUT2D eigenvalue weighted by molar-refractivity contribution is -0.172. The molecule has 0 radical (unpaired) electrons. The standard InChI is InChI=1S/C53H58N10O15/c1-5-53(76)33-17-37-47-31(23-62(37)51(74)32(33)24-77-52(53)75)46-34(12-11-30-27(3)26(2)15-35(60-47)45(30)46)61-48(71)28(4)78-25-58-40(65)20-56-49(72)36(16-29-9-7-6-8-10-29)59-41(66)21-55-39(64)19-57-50(73)38(18-54-22-44(69)70)63-42(67)13-14-43(63)68/h6-10,13-15,17,28,34,36,38,54,76H,5,11-12,16,18-25H2,1-4H3,(H,55,64)(H,56,72)(H,57,73)(H,58,65)(H,59,66)(H,61,71)(H,69,70)/t28-,34-,36-,38?,53-/m0/s1. The summed E-state index contributed by atoms with van der Waals surface area (Å²) in [7, 11) is 0. The Morgan fingerprint density at radius 3 is 2.22 bits per heavy atom. The first-order valence-electron chi connectivity index (χ1n) is 25.1. The highest BCUT2D eigenvalue weighted by atomic mass is 16.6. The fourth-order valence-electron chi connectivity index (χ4n) is 10.0. The smallest absolute Gasteiger partial charge is 0.343 e. The third-order valence-electron chi connectivity index (χ3n) is 14.3. The second-order valence-corrected chi connectivity index (χ2v) is 19.2. The van der Waals surface area contributed by atoms with Crippen molar-refractivity contribution in [1.82, 2.24) is 51.7 Å². The monoisotopic (exact) mass is 1070 g/mol. The fraction of sp³-hybridized carbons (Fsp3) is 0.396. The molecular weight excluding hydrogens is 1020 g/mol. The zero-order chi connectivity index (χ0) is 56.2. The van der Waals surface area contributed by atoms with Crippen molar-refractivity contribution in [3.05, 3.63) is 109 Å². The van der Waals surface area contributed by atoms with Gasteiger partial charge in [0.1, 0.15) is 31.5 Å². The molecule has 8 rings (SSSR count). The molecule has 1 unspecified atom stereocenters. The highest BCUT2D eigenvalue weighted by Crippen LogP contribution is 2.46. The van der Waals surface area contributed by atoms with Crippen molar-refractivity contribution < 1.29 is 67.6 Å². The molecule has 2 aromatic heterocycles. The van der Waals surface area contributed by atoms with Crippen LogP contribution in [0.25, 0.3) is 22.3 Å². The SMILES string of the molecule is CC[C@@]1(O)C(=O)OCc2c1cc1n(c2=O)Cc2c-1nc1cc(C)c(C)c3c1c2[C@@H](NC(=O)[C@H](C)OCNC(=O)CNC(=O)[C@H](Cc1ccccc1)NC(=O)CNC(=O)CNC(=O)C(CNCC(=O)O)N1C(=O)C=CC1=O)CC3. The summed E-state index contributed by atoms with van der Waals surface area (Å²) >= 11 is 0. The van der Waals surface area contributed by atoms with Gasteiger partial charge in [-0.05, 0) is 80.0 Å². The van der Waals surface area contributed by atoms with Gasteiger partial charge in [0, 0.05) is 41.6 Å². The summed E-state index contributed by atoms with van der Waals surface area (Å²) in [4.78, 5) is 147. The van der Waals surface area contributed by atoms with E-state index >= 15 is 0 Å². The maximum Gasteiger partial charge on any atom is 0.343 e. The molecule has 5 heterocycles. The lowest BCUT2D eigenvalue weighted by atomic mass is 9.80. The lowest BCUT2D eigenvalue weighted by Crippen LogP contribution is -2.56. The number of aliphatic carboxylic acids is 1. The van der Waals surface area contributed by atoms with Gasteiger partial charge in [0.25, 0.3) is 17.4 Å². The van der Waals surface area contributed by atoms with Gasteiger partial charge in [-0.1, -0.05) is 37.3 Å². The number of cyclic esters (lactones) is 1. The number of pyridine rings is 2. The summed E-state index contributed by atoms with van der Waals surface area (Å²) in [6, 6.07) is 8.94. The van der Waals surface area contributed by atoms with Crippen molar-refractivity contribution in [3.63, 3.8) is 0 Å². The lowest BCUT2D eigenvalue weighted by Gasteiger charge is -2.31. The zero-order valence-electron chi connectivity index (χ0n) is 43.0. The van der Waals surface area contributed by atoms with Crippen LogP contribution in [0.5, 0.6) is 0 Å². The van der Waals surface area contributed by atoms with Crippen molar-refractivity contribution >= 4 is 70.1 Å². The molecule has 1 aliphatic carbocycles. The van der Waals surface area contributed by atoms with Crippen LogP contribution >= 0.6 is 0 Å². The number of aliphatic hydroxyl groups is 1. The van der Waals surface area contributed by atoms with Gasteiger partial charge in [-0.25, -0.2) is 9.78 Å². The van der Waals surface area contributed by atoms with Gasteiger partial charge in [-0.2, -0.15) is 0 Å². The van der Waals surface area contributed by atoms with Crippen LogP contribution in [0.2, 0.25) is 0 Å². The molecule has 4 aromatic rings. The molecule has 5 atom stereocenters. The number of benzene rings is 2. The molecule has 3 aliphatic heterocycles. The number of aryl methyl sites for hydroxylation is 2. The third kappa shape index (κ3) is 11.5. The zero-order valence-corrected chi connectivity index (χ0v) is 43.0. The molecular formula is C53H58N10O15. The molecule has 8 amide bonds. The first kappa shape index (κ1) is 55.5. The second-order valence-electron chi connectivity index (χ2n) is 19.2. The molecule has 0 spiro atoms. The topological polar surface area (TPSA) is 352 Å². The number of amides is 8. The molecule has 0 bridgehead atoms. The van der Waals surface area contributed by atoms with E-state index in [0.29, 0.717) is 40.2 Å². The molecule has 25 nitrogen and oxygen atoms in total. The molecule has 0 fully saturated rings. The summed E-state index contributed by atoms with van der Waals surface area (Å²) in [5, 5.41) is 38.9. The highest BCUT2D eigenvalue weighted by molar-refractivity contribution is 6.15. The van der Waals surface area contributed by atoms with Gasteiger partial charge in [-0.15, -0.1) is 0 Å². The minimum atomic E-state index is -2.01. The van der Waals surface area contributed by atoms with E-state index in [1.165, 1.54) is 6.92 Å². The van der Waals surface area contributed by atoms with Crippen LogP contribution in [-0.2, 0) is 89.0 Å². The van der Waals surface area contributed by atoms with Crippen LogP contribution in [0, 0.1) is 13.8 Å². The number of carboxylic acids is 1. The number of ether oxygens (including phenoxy) is 2. The average Bonchev–Trinajstić information content (AvgIpc) is 4.15. The van der Waals surface area contributed by atoms with Crippen molar-refractivity contribution in [2.24, 2.45) is 0 Å². The number of hydrogen-bond acceptors (Lipinski definition) is 16. The fourth-order valence-corrected chi connectivity index (χ4v) is 10.0. The van der Waals surface area contributed by atoms with Gasteiger partial charge in [-0.3, -0.25) is 52.8 Å². The van der Waals surface area contributed by atoms with Crippen LogP contribution < -0.4 is 42.8 Å². The predicted molar refractivity (Wildman–Crippen MR) is 273 cm³/mol. The summed E-state index contributed by atoms with van der Waals surface area (Å²) in [6.45, 7) is 3.64. The Bertz CT molecular complexity index is 3250. The molecule has 4 aliphatic rings. The summed E-state index contributed by atoms with van der Waals surface area (Å²) in [5.74, 6) is -8.31. The van der Waals surface area contributed by atoms with E-state index in [-0.39, 0.29) is 37.1 Å². The van der Waals surface area contributed by atoms with Gasteiger partial charge in [0.15, 0.2) is 5.60 Å². The number of carboxylic acid groups (broad SMARTS) is 1. The quantitative estimate of drug-likeness (QED) is 0.0212. The first-order valence-corrected chi connectivity index (χ1v) is 25.1. The van der Waals surface area contributed by atoms with E-state index in [4.69, 9.17) is 19.6 Å². The van der Waals surface area contributed by atoms with Crippen molar-refractivity contribution in [1.29, 1.82) is 0 Å². The Morgan fingerprint density at radius 2 is 1.53 bits per heavy atom. The van der Waals surface area contributed by atoms with E-state index in [0.717, 1.165) is 45.4 Å². The maximum atomic E-state index is 14.1. The number of fused-ring (bicyclic) bond motifs is 5. The van der Waals surface area contributed by atoms with Crippen LogP contribution in [0.1, 0.15) is 77.2 Å². The van der Waals surface area contributed by atoms with Crippen LogP contribution in [0.3, 0.4) is 0 Å². The number of carbonyl (C=O) groups is 10. The number of hydrogen-bond donors (Lipinski definition) is 9. The largest absolute Gasteiger partial charge is 0.480 e. The Kier molecular flexibility index (Phi) is 16.6. The van der Waals surface area contributed by atoms with E-state index in [1.54, 1.807) is 47.9 Å². The molecule has 25 heteroatoms. The highest BCUT2D eigenvalue weighted by Gasteiger charge is 2.46. The first-order chi connectivity index (χ1) is 37.2. The Balaban J connectivity index is 0.848. The van der Waals surface area contributed by atoms with Crippen LogP contribution in [0.4, 0.5) is 0 Å². The number of esters is 1. The van der Waals surface area contributed by atoms with Crippen LogP contribution in [0.15, 0.2) is 59.4 Å².